The number of hydrogen-bond donors (Lipinski definition) is 1. The van der Waals surface area contributed by atoms with E-state index in [1.165, 1.54) is 44.9 Å². The highest BCUT2D eigenvalue weighted by Crippen LogP contribution is 2.13. The number of carbonyl (C=O) groups is 1. The summed E-state index contributed by atoms with van der Waals surface area (Å²) >= 11 is 0. The second kappa shape index (κ2) is 13.3. The molecule has 126 valence electrons. The highest BCUT2D eigenvalue weighted by molar-refractivity contribution is 5.55. The van der Waals surface area contributed by atoms with Gasteiger partial charge in [0, 0.05) is 5.54 Å². The topological polar surface area (TPSA) is 38.3 Å². The van der Waals surface area contributed by atoms with Gasteiger partial charge in [-0.15, -0.1) is 0 Å². The molecule has 1 unspecified atom stereocenters. The van der Waals surface area contributed by atoms with Crippen LogP contribution in [0.15, 0.2) is 0 Å². The Hall–Kier alpha value is -0.410. The average molecular weight is 299 g/mol. The van der Waals surface area contributed by atoms with Crippen molar-refractivity contribution in [2.45, 2.75) is 110 Å². The van der Waals surface area contributed by atoms with Gasteiger partial charge in [0.1, 0.15) is 6.10 Å². The lowest BCUT2D eigenvalue weighted by Gasteiger charge is -2.26. The molecule has 0 aliphatic heterocycles. The average Bonchev–Trinajstić information content (AvgIpc) is 2.45. The molecule has 0 saturated carbocycles. The highest BCUT2D eigenvalue weighted by atomic mass is 16.7. The summed E-state index contributed by atoms with van der Waals surface area (Å²) in [6, 6.07) is 0. The van der Waals surface area contributed by atoms with Gasteiger partial charge < -0.3 is 4.79 Å². The first kappa shape index (κ1) is 20.6. The Morgan fingerprint density at radius 2 is 1.52 bits per heavy atom. The summed E-state index contributed by atoms with van der Waals surface area (Å²) in [4.78, 5) is 16.6. The van der Waals surface area contributed by atoms with Crippen LogP contribution in [0.2, 0.25) is 0 Å². The molecule has 3 heteroatoms. The van der Waals surface area contributed by atoms with Crippen LogP contribution in [0.1, 0.15) is 98.3 Å². The smallest absolute Gasteiger partial charge is 0.150 e. The molecule has 1 atom stereocenters. The molecule has 1 N–H and O–H groups in total. The molecule has 0 spiro atoms. The van der Waals surface area contributed by atoms with Crippen molar-refractivity contribution in [1.29, 1.82) is 0 Å². The number of nitrogens with one attached hydrogen (secondary N) is 1. The first-order valence-electron chi connectivity index (χ1n) is 8.93. The van der Waals surface area contributed by atoms with Gasteiger partial charge >= 0.3 is 0 Å². The van der Waals surface area contributed by atoms with E-state index in [2.05, 4.69) is 33.2 Å². The molecule has 0 fully saturated rings. The monoisotopic (exact) mass is 299 g/mol. The van der Waals surface area contributed by atoms with E-state index in [0.29, 0.717) is 0 Å². The summed E-state index contributed by atoms with van der Waals surface area (Å²) in [6.45, 7) is 8.61. The molecule has 0 aliphatic carbocycles. The number of unbranched alkanes of at least 4 members (excludes halogenated alkanes) is 7. The van der Waals surface area contributed by atoms with Gasteiger partial charge in [-0.05, 0) is 26.7 Å². The fourth-order valence-electron chi connectivity index (χ4n) is 2.55. The quantitative estimate of drug-likeness (QED) is 0.257. The molecule has 0 amide bonds. The SMILES string of the molecule is CCCCCCCCCCC(C=O)ONC(C)(C)CCC. The van der Waals surface area contributed by atoms with Crippen molar-refractivity contribution in [2.24, 2.45) is 0 Å². The van der Waals surface area contributed by atoms with Crippen LogP contribution in [-0.2, 0) is 9.63 Å². The first-order valence-corrected chi connectivity index (χ1v) is 8.93. The third kappa shape index (κ3) is 13.0. The lowest BCUT2D eigenvalue weighted by molar-refractivity contribution is -0.129. The van der Waals surface area contributed by atoms with Crippen molar-refractivity contribution >= 4 is 6.29 Å². The van der Waals surface area contributed by atoms with E-state index in [1.807, 2.05) is 0 Å². The van der Waals surface area contributed by atoms with E-state index in [1.54, 1.807) is 0 Å². The number of aldehydes is 1. The van der Waals surface area contributed by atoms with Crippen LogP contribution in [-0.4, -0.2) is 17.9 Å². The van der Waals surface area contributed by atoms with Crippen LogP contribution in [0.3, 0.4) is 0 Å². The van der Waals surface area contributed by atoms with Gasteiger partial charge in [0.2, 0.25) is 0 Å². The van der Waals surface area contributed by atoms with Crippen LogP contribution in [0.4, 0.5) is 0 Å². The maximum Gasteiger partial charge on any atom is 0.150 e. The normalized spacial score (nSPS) is 13.3. The minimum Gasteiger partial charge on any atom is -0.300 e. The maximum atomic E-state index is 11.1. The summed E-state index contributed by atoms with van der Waals surface area (Å²) < 4.78 is 0. The molecule has 0 aromatic rings. The van der Waals surface area contributed by atoms with Gasteiger partial charge in [0.25, 0.3) is 0 Å². The lowest BCUT2D eigenvalue weighted by Crippen LogP contribution is -2.41. The van der Waals surface area contributed by atoms with E-state index in [9.17, 15) is 4.79 Å². The zero-order valence-corrected chi connectivity index (χ0v) is 14.7. The van der Waals surface area contributed by atoms with Gasteiger partial charge in [-0.1, -0.05) is 71.6 Å². The molecular weight excluding hydrogens is 262 g/mol. The molecular formula is C18H37NO2. The molecule has 0 aromatic heterocycles. The van der Waals surface area contributed by atoms with Gasteiger partial charge in [-0.25, -0.2) is 0 Å². The van der Waals surface area contributed by atoms with E-state index >= 15 is 0 Å². The molecule has 0 bridgehead atoms. The highest BCUT2D eigenvalue weighted by Gasteiger charge is 2.18. The van der Waals surface area contributed by atoms with E-state index in [-0.39, 0.29) is 11.6 Å². The second-order valence-corrected chi connectivity index (χ2v) is 6.79. The maximum absolute atomic E-state index is 11.1. The van der Waals surface area contributed by atoms with Crippen molar-refractivity contribution in [3.63, 3.8) is 0 Å². The number of rotatable bonds is 15. The molecule has 0 rings (SSSR count). The zero-order valence-electron chi connectivity index (χ0n) is 14.7. The van der Waals surface area contributed by atoms with Crippen LogP contribution >= 0.6 is 0 Å². The fraction of sp³-hybridized carbons (Fsp3) is 0.944. The van der Waals surface area contributed by atoms with Crippen LogP contribution in [0, 0.1) is 0 Å². The van der Waals surface area contributed by atoms with Gasteiger partial charge in [-0.3, -0.25) is 4.84 Å². The molecule has 21 heavy (non-hydrogen) atoms. The van der Waals surface area contributed by atoms with Crippen LogP contribution in [0.5, 0.6) is 0 Å². The van der Waals surface area contributed by atoms with Crippen molar-refractivity contribution < 1.29 is 9.63 Å². The van der Waals surface area contributed by atoms with Crippen LogP contribution < -0.4 is 5.48 Å². The standard InChI is InChI=1S/C18H37NO2/c1-5-7-8-9-10-11-12-13-14-17(16-20)21-19-18(3,4)15-6-2/h16-17,19H,5-15H2,1-4H3. The summed E-state index contributed by atoms with van der Waals surface area (Å²) in [7, 11) is 0. The first-order chi connectivity index (χ1) is 10.1. The molecule has 0 heterocycles. The predicted molar refractivity (Wildman–Crippen MR) is 90.3 cm³/mol. The van der Waals surface area contributed by atoms with Crippen molar-refractivity contribution in [2.75, 3.05) is 0 Å². The van der Waals surface area contributed by atoms with Gasteiger partial charge in [-0.2, -0.15) is 5.48 Å². The third-order valence-electron chi connectivity index (χ3n) is 3.86. The Bertz CT molecular complexity index is 241. The summed E-state index contributed by atoms with van der Waals surface area (Å²) in [5.41, 5.74) is 2.99. The largest absolute Gasteiger partial charge is 0.300 e. The number of carbonyl (C=O) groups excluding carboxylic acids is 1. The Kier molecular flexibility index (Phi) is 13.0. The zero-order chi connectivity index (χ0) is 16.0. The number of hydrogen-bond acceptors (Lipinski definition) is 3. The predicted octanol–water partition coefficient (Wildman–Crippen LogP) is 5.18. The Morgan fingerprint density at radius 1 is 0.952 bits per heavy atom. The van der Waals surface area contributed by atoms with Crippen LogP contribution in [0.25, 0.3) is 0 Å². The summed E-state index contributed by atoms with van der Waals surface area (Å²) in [5.74, 6) is 0. The molecule has 0 aromatic carbocycles. The van der Waals surface area contributed by atoms with E-state index in [0.717, 1.165) is 32.0 Å². The summed E-state index contributed by atoms with van der Waals surface area (Å²) in [6.07, 6.45) is 13.9. The molecule has 0 saturated heterocycles. The van der Waals surface area contributed by atoms with Crippen molar-refractivity contribution in [3.05, 3.63) is 0 Å². The minimum absolute atomic E-state index is 0.0602. The fourth-order valence-corrected chi connectivity index (χ4v) is 2.55. The molecule has 3 nitrogen and oxygen atoms in total. The minimum atomic E-state index is -0.304. The Balaban J connectivity index is 3.60. The second-order valence-electron chi connectivity index (χ2n) is 6.79. The van der Waals surface area contributed by atoms with E-state index < -0.39 is 0 Å². The van der Waals surface area contributed by atoms with Crippen molar-refractivity contribution in [1.82, 2.24) is 5.48 Å². The third-order valence-corrected chi connectivity index (χ3v) is 3.86. The molecule has 0 aliphatic rings. The lowest BCUT2D eigenvalue weighted by atomic mass is 10.0. The van der Waals surface area contributed by atoms with Gasteiger partial charge in [0.15, 0.2) is 6.29 Å². The molecule has 0 radical (unpaired) electrons. The Labute approximate surface area is 132 Å². The Morgan fingerprint density at radius 3 is 2.05 bits per heavy atom. The van der Waals surface area contributed by atoms with Crippen molar-refractivity contribution in [3.8, 4) is 0 Å². The van der Waals surface area contributed by atoms with Gasteiger partial charge in [0.05, 0.1) is 0 Å². The summed E-state index contributed by atoms with van der Waals surface area (Å²) in [5, 5.41) is 0. The van der Waals surface area contributed by atoms with E-state index in [4.69, 9.17) is 4.84 Å². The number of hydroxylamine groups is 1.